The fourth-order valence-electron chi connectivity index (χ4n) is 2.84. The molecule has 0 saturated carbocycles. The van der Waals surface area contributed by atoms with Gasteiger partial charge in [-0.25, -0.2) is 0 Å². The van der Waals surface area contributed by atoms with E-state index in [2.05, 4.69) is 15.7 Å². The van der Waals surface area contributed by atoms with Crippen molar-refractivity contribution in [2.24, 2.45) is 0 Å². The second-order valence-electron chi connectivity index (χ2n) is 5.57. The molecule has 1 aromatic rings. The first-order chi connectivity index (χ1) is 9.81. The van der Waals surface area contributed by atoms with E-state index in [0.29, 0.717) is 18.3 Å². The number of aromatic nitrogens is 2. The molecule has 0 aliphatic carbocycles. The number of carbonyl (C=O) groups is 1. The number of hydrogen-bond donors (Lipinski definition) is 2. The molecule has 6 heteroatoms. The molecule has 0 unspecified atom stereocenters. The Morgan fingerprint density at radius 2 is 2.45 bits per heavy atom. The Labute approximate surface area is 118 Å². The predicted molar refractivity (Wildman–Crippen MR) is 75.6 cm³/mol. The molecule has 20 heavy (non-hydrogen) atoms. The third kappa shape index (κ3) is 3.37. The first-order valence-corrected chi connectivity index (χ1v) is 7.48. The Kier molecular flexibility index (Phi) is 4.32. The molecule has 2 atom stereocenters. The Morgan fingerprint density at radius 3 is 3.20 bits per heavy atom. The lowest BCUT2D eigenvalue weighted by Crippen LogP contribution is -2.25. The highest BCUT2D eigenvalue weighted by molar-refractivity contribution is 5.90. The monoisotopic (exact) mass is 278 g/mol. The summed E-state index contributed by atoms with van der Waals surface area (Å²) in [6.07, 6.45) is 6.77. The van der Waals surface area contributed by atoms with E-state index in [1.807, 2.05) is 16.9 Å². The maximum absolute atomic E-state index is 12.0. The molecule has 0 bridgehead atoms. The summed E-state index contributed by atoms with van der Waals surface area (Å²) in [6, 6.07) is 2.26. The standard InChI is InChI=1S/C14H22N4O2/c19-14(9-12-3-1-2-8-20-12)16-13-5-7-18(17-13)11-4-6-15-10-11/h5,7,11-12,15H,1-4,6,8-10H2,(H,16,17,19)/t11-,12+/m0/s1. The van der Waals surface area contributed by atoms with E-state index in [1.165, 1.54) is 0 Å². The summed E-state index contributed by atoms with van der Waals surface area (Å²) in [7, 11) is 0. The van der Waals surface area contributed by atoms with Crippen LogP contribution in [0, 0.1) is 0 Å². The Morgan fingerprint density at radius 1 is 1.50 bits per heavy atom. The van der Waals surface area contributed by atoms with E-state index in [-0.39, 0.29) is 12.0 Å². The number of nitrogens with one attached hydrogen (secondary N) is 2. The number of amides is 1. The van der Waals surface area contributed by atoms with Crippen LogP contribution in [0.25, 0.3) is 0 Å². The van der Waals surface area contributed by atoms with E-state index in [4.69, 9.17) is 4.74 Å². The zero-order valence-corrected chi connectivity index (χ0v) is 11.7. The van der Waals surface area contributed by atoms with Crippen LogP contribution in [0.3, 0.4) is 0 Å². The minimum absolute atomic E-state index is 0.00769. The quantitative estimate of drug-likeness (QED) is 0.871. The highest BCUT2D eigenvalue weighted by Crippen LogP contribution is 2.18. The fourth-order valence-corrected chi connectivity index (χ4v) is 2.84. The molecule has 2 N–H and O–H groups in total. The largest absolute Gasteiger partial charge is 0.378 e. The summed E-state index contributed by atoms with van der Waals surface area (Å²) < 4.78 is 7.52. The van der Waals surface area contributed by atoms with Crippen molar-refractivity contribution in [3.05, 3.63) is 12.3 Å². The molecular weight excluding hydrogens is 256 g/mol. The second-order valence-corrected chi connectivity index (χ2v) is 5.57. The van der Waals surface area contributed by atoms with E-state index in [1.54, 1.807) is 0 Å². The lowest BCUT2D eigenvalue weighted by atomic mass is 10.1. The third-order valence-corrected chi connectivity index (χ3v) is 3.97. The van der Waals surface area contributed by atoms with Crippen LogP contribution in [-0.2, 0) is 9.53 Å². The van der Waals surface area contributed by atoms with Gasteiger partial charge in [-0.3, -0.25) is 9.48 Å². The van der Waals surface area contributed by atoms with Gasteiger partial charge in [-0.05, 0) is 32.2 Å². The van der Waals surface area contributed by atoms with E-state index in [9.17, 15) is 4.79 Å². The van der Waals surface area contributed by atoms with Gasteiger partial charge in [-0.2, -0.15) is 5.10 Å². The number of anilines is 1. The molecular formula is C14H22N4O2. The average Bonchev–Trinajstić information content (AvgIpc) is 3.10. The van der Waals surface area contributed by atoms with Gasteiger partial charge in [0.15, 0.2) is 5.82 Å². The molecule has 2 fully saturated rings. The molecule has 0 aromatic carbocycles. The van der Waals surface area contributed by atoms with Gasteiger partial charge in [0.05, 0.1) is 18.6 Å². The minimum Gasteiger partial charge on any atom is -0.378 e. The van der Waals surface area contributed by atoms with Crippen molar-refractivity contribution >= 4 is 11.7 Å². The Hall–Kier alpha value is -1.40. The van der Waals surface area contributed by atoms with Gasteiger partial charge in [0.2, 0.25) is 5.91 Å². The van der Waals surface area contributed by atoms with Crippen LogP contribution in [-0.4, -0.2) is 41.5 Å². The molecule has 1 aromatic heterocycles. The summed E-state index contributed by atoms with van der Waals surface area (Å²) in [6.45, 7) is 2.76. The second kappa shape index (κ2) is 6.37. The maximum atomic E-state index is 12.0. The van der Waals surface area contributed by atoms with Crippen molar-refractivity contribution < 1.29 is 9.53 Å². The van der Waals surface area contributed by atoms with E-state index in [0.717, 1.165) is 45.4 Å². The van der Waals surface area contributed by atoms with Crippen molar-refractivity contribution in [2.45, 2.75) is 44.2 Å². The molecule has 0 radical (unpaired) electrons. The summed E-state index contributed by atoms with van der Waals surface area (Å²) in [5.41, 5.74) is 0. The smallest absolute Gasteiger partial charge is 0.228 e. The Balaban J connectivity index is 1.50. The van der Waals surface area contributed by atoms with Gasteiger partial charge in [0.1, 0.15) is 0 Å². The Bertz CT molecular complexity index is 448. The van der Waals surface area contributed by atoms with Crippen LogP contribution in [0.5, 0.6) is 0 Å². The highest BCUT2D eigenvalue weighted by Gasteiger charge is 2.20. The van der Waals surface area contributed by atoms with Crippen molar-refractivity contribution in [2.75, 3.05) is 25.0 Å². The predicted octanol–water partition coefficient (Wildman–Crippen LogP) is 1.32. The minimum atomic E-state index is -0.00769. The molecule has 3 rings (SSSR count). The summed E-state index contributed by atoms with van der Waals surface area (Å²) in [5.74, 6) is 0.629. The highest BCUT2D eigenvalue weighted by atomic mass is 16.5. The lowest BCUT2D eigenvalue weighted by molar-refractivity contribution is -0.119. The van der Waals surface area contributed by atoms with Crippen molar-refractivity contribution in [3.63, 3.8) is 0 Å². The van der Waals surface area contributed by atoms with Gasteiger partial charge in [-0.1, -0.05) is 0 Å². The van der Waals surface area contributed by atoms with E-state index < -0.39 is 0 Å². The summed E-state index contributed by atoms with van der Waals surface area (Å²) in [4.78, 5) is 12.0. The van der Waals surface area contributed by atoms with Gasteiger partial charge >= 0.3 is 0 Å². The van der Waals surface area contributed by atoms with Crippen molar-refractivity contribution in [3.8, 4) is 0 Å². The van der Waals surface area contributed by atoms with Crippen LogP contribution in [0.2, 0.25) is 0 Å². The number of hydrogen-bond acceptors (Lipinski definition) is 4. The van der Waals surface area contributed by atoms with Crippen molar-refractivity contribution in [1.82, 2.24) is 15.1 Å². The molecule has 2 saturated heterocycles. The van der Waals surface area contributed by atoms with Crippen LogP contribution in [0.15, 0.2) is 12.3 Å². The van der Waals surface area contributed by atoms with E-state index >= 15 is 0 Å². The normalized spacial score (nSPS) is 26.6. The first-order valence-electron chi connectivity index (χ1n) is 7.48. The maximum Gasteiger partial charge on any atom is 0.228 e. The first kappa shape index (κ1) is 13.6. The molecule has 6 nitrogen and oxygen atoms in total. The molecule has 2 aliphatic rings. The number of carbonyl (C=O) groups excluding carboxylic acids is 1. The zero-order valence-electron chi connectivity index (χ0n) is 11.7. The van der Waals surface area contributed by atoms with Gasteiger partial charge in [-0.15, -0.1) is 0 Å². The molecule has 0 spiro atoms. The average molecular weight is 278 g/mol. The topological polar surface area (TPSA) is 68.2 Å². The number of rotatable bonds is 4. The van der Waals surface area contributed by atoms with Gasteiger partial charge in [0, 0.05) is 25.4 Å². The van der Waals surface area contributed by atoms with Crippen LogP contribution in [0.4, 0.5) is 5.82 Å². The molecule has 3 heterocycles. The SMILES string of the molecule is O=C(C[C@H]1CCCCO1)Nc1ccn([C@H]2CCNC2)n1. The number of nitrogens with zero attached hydrogens (tertiary/aromatic N) is 2. The number of ether oxygens (including phenoxy) is 1. The van der Waals surface area contributed by atoms with Crippen LogP contribution in [0.1, 0.15) is 38.1 Å². The lowest BCUT2D eigenvalue weighted by Gasteiger charge is -2.21. The molecule has 110 valence electrons. The molecule has 2 aliphatic heterocycles. The van der Waals surface area contributed by atoms with Crippen LogP contribution < -0.4 is 10.6 Å². The fraction of sp³-hybridized carbons (Fsp3) is 0.714. The molecule has 1 amide bonds. The van der Waals surface area contributed by atoms with Crippen LogP contribution >= 0.6 is 0 Å². The zero-order chi connectivity index (χ0) is 13.8. The summed E-state index contributed by atoms with van der Waals surface area (Å²) in [5, 5.41) is 10.6. The summed E-state index contributed by atoms with van der Waals surface area (Å²) >= 11 is 0. The van der Waals surface area contributed by atoms with Crippen molar-refractivity contribution in [1.29, 1.82) is 0 Å². The van der Waals surface area contributed by atoms with Gasteiger partial charge in [0.25, 0.3) is 0 Å². The third-order valence-electron chi connectivity index (χ3n) is 3.97. The van der Waals surface area contributed by atoms with Gasteiger partial charge < -0.3 is 15.4 Å².